The fourth-order valence-electron chi connectivity index (χ4n) is 3.15. The SMILES string of the molecule is C[C@@H](O)[C@@H]1CCN(C(=O)NCCc2c[nH]c3cc(Cl)ccc23)C1. The van der Waals surface area contributed by atoms with E-state index in [1.54, 1.807) is 11.8 Å². The van der Waals surface area contributed by atoms with Crippen LogP contribution in [0.1, 0.15) is 18.9 Å². The predicted octanol–water partition coefficient (Wildman–Crippen LogP) is 2.78. The van der Waals surface area contributed by atoms with Gasteiger partial charge in [0.05, 0.1) is 6.10 Å². The van der Waals surface area contributed by atoms with Gasteiger partial charge in [0.25, 0.3) is 0 Å². The first kappa shape index (κ1) is 16.1. The summed E-state index contributed by atoms with van der Waals surface area (Å²) in [6.45, 7) is 3.72. The molecule has 1 aliphatic heterocycles. The Labute approximate surface area is 140 Å². The van der Waals surface area contributed by atoms with Crippen LogP contribution in [0.2, 0.25) is 5.02 Å². The molecule has 3 rings (SSSR count). The first-order valence-corrected chi connectivity index (χ1v) is 8.39. The summed E-state index contributed by atoms with van der Waals surface area (Å²) >= 11 is 5.98. The van der Waals surface area contributed by atoms with Gasteiger partial charge in [-0.15, -0.1) is 0 Å². The predicted molar refractivity (Wildman–Crippen MR) is 91.8 cm³/mol. The number of aliphatic hydroxyl groups is 1. The maximum Gasteiger partial charge on any atom is 0.317 e. The molecule has 0 bridgehead atoms. The van der Waals surface area contributed by atoms with Gasteiger partial charge in [0.15, 0.2) is 0 Å². The van der Waals surface area contributed by atoms with Crippen molar-refractivity contribution in [2.45, 2.75) is 25.9 Å². The largest absolute Gasteiger partial charge is 0.393 e. The summed E-state index contributed by atoms with van der Waals surface area (Å²) in [5, 5.41) is 14.4. The van der Waals surface area contributed by atoms with Gasteiger partial charge in [0.2, 0.25) is 0 Å². The van der Waals surface area contributed by atoms with E-state index in [-0.39, 0.29) is 18.1 Å². The topological polar surface area (TPSA) is 68.4 Å². The third-order valence-electron chi connectivity index (χ3n) is 4.59. The monoisotopic (exact) mass is 335 g/mol. The molecular weight excluding hydrogens is 314 g/mol. The van der Waals surface area contributed by atoms with Crippen molar-refractivity contribution in [1.82, 2.24) is 15.2 Å². The van der Waals surface area contributed by atoms with E-state index in [9.17, 15) is 9.90 Å². The van der Waals surface area contributed by atoms with E-state index in [4.69, 9.17) is 11.6 Å². The lowest BCUT2D eigenvalue weighted by Gasteiger charge is -2.18. The fourth-order valence-corrected chi connectivity index (χ4v) is 3.32. The lowest BCUT2D eigenvalue weighted by atomic mass is 10.0. The second-order valence-corrected chi connectivity index (χ2v) is 6.66. The lowest BCUT2D eigenvalue weighted by molar-refractivity contribution is 0.129. The Kier molecular flexibility index (Phi) is 4.78. The van der Waals surface area contributed by atoms with Gasteiger partial charge in [-0.1, -0.05) is 17.7 Å². The summed E-state index contributed by atoms with van der Waals surface area (Å²) in [5.74, 6) is 0.194. The Balaban J connectivity index is 1.52. The van der Waals surface area contributed by atoms with Gasteiger partial charge >= 0.3 is 6.03 Å². The first-order valence-electron chi connectivity index (χ1n) is 8.01. The number of aromatic amines is 1. The van der Waals surface area contributed by atoms with Crippen LogP contribution in [0.4, 0.5) is 4.79 Å². The smallest absolute Gasteiger partial charge is 0.317 e. The summed E-state index contributed by atoms with van der Waals surface area (Å²) in [5.41, 5.74) is 2.18. The molecule has 1 fully saturated rings. The van der Waals surface area contributed by atoms with Crippen molar-refractivity contribution in [3.63, 3.8) is 0 Å². The van der Waals surface area contributed by atoms with E-state index >= 15 is 0 Å². The summed E-state index contributed by atoms with van der Waals surface area (Å²) < 4.78 is 0. The summed E-state index contributed by atoms with van der Waals surface area (Å²) in [4.78, 5) is 17.1. The number of aliphatic hydroxyl groups excluding tert-OH is 1. The van der Waals surface area contributed by atoms with Crippen LogP contribution in [0.15, 0.2) is 24.4 Å². The summed E-state index contributed by atoms with van der Waals surface area (Å²) in [6.07, 6.45) is 3.24. The number of carbonyl (C=O) groups excluding carboxylic acids is 1. The zero-order chi connectivity index (χ0) is 16.4. The van der Waals surface area contributed by atoms with Crippen LogP contribution >= 0.6 is 11.6 Å². The van der Waals surface area contributed by atoms with Gasteiger partial charge in [0.1, 0.15) is 0 Å². The van der Waals surface area contributed by atoms with Crippen molar-refractivity contribution >= 4 is 28.5 Å². The number of halogens is 1. The maximum absolute atomic E-state index is 12.2. The molecule has 1 aliphatic rings. The molecule has 0 unspecified atom stereocenters. The molecule has 3 N–H and O–H groups in total. The number of aromatic nitrogens is 1. The van der Waals surface area contributed by atoms with Gasteiger partial charge in [-0.3, -0.25) is 0 Å². The Morgan fingerprint density at radius 2 is 2.39 bits per heavy atom. The normalized spacial score (nSPS) is 19.3. The Hall–Kier alpha value is -1.72. The second kappa shape index (κ2) is 6.81. The zero-order valence-corrected chi connectivity index (χ0v) is 13.9. The van der Waals surface area contributed by atoms with Crippen LogP contribution in [0.5, 0.6) is 0 Å². The quantitative estimate of drug-likeness (QED) is 0.804. The number of rotatable bonds is 4. The number of amides is 2. The molecule has 2 atom stereocenters. The third kappa shape index (κ3) is 3.62. The van der Waals surface area contributed by atoms with Crippen LogP contribution in [0, 0.1) is 5.92 Å². The average Bonchev–Trinajstić information content (AvgIpc) is 3.14. The number of H-pyrrole nitrogens is 1. The molecule has 0 spiro atoms. The number of nitrogens with one attached hydrogen (secondary N) is 2. The number of urea groups is 1. The standard InChI is InChI=1S/C17H22ClN3O2/c1-11(22)13-5-7-21(10-13)17(23)19-6-4-12-9-20-16-8-14(18)2-3-15(12)16/h2-3,8-9,11,13,20,22H,4-7,10H2,1H3,(H,19,23)/t11-,13-/m1/s1. The number of carbonyl (C=O) groups is 1. The molecule has 2 amide bonds. The number of hydrogen-bond acceptors (Lipinski definition) is 2. The van der Waals surface area contributed by atoms with E-state index in [0.717, 1.165) is 23.7 Å². The highest BCUT2D eigenvalue weighted by atomic mass is 35.5. The van der Waals surface area contributed by atoms with Crippen molar-refractivity contribution in [1.29, 1.82) is 0 Å². The molecule has 1 aromatic carbocycles. The number of hydrogen-bond donors (Lipinski definition) is 3. The molecule has 1 aromatic heterocycles. The zero-order valence-electron chi connectivity index (χ0n) is 13.2. The summed E-state index contributed by atoms with van der Waals surface area (Å²) in [7, 11) is 0. The molecule has 6 heteroatoms. The summed E-state index contributed by atoms with van der Waals surface area (Å²) in [6, 6.07) is 5.73. The van der Waals surface area contributed by atoms with E-state index < -0.39 is 0 Å². The number of likely N-dealkylation sites (tertiary alicyclic amines) is 1. The second-order valence-electron chi connectivity index (χ2n) is 6.22. The van der Waals surface area contributed by atoms with Gasteiger partial charge < -0.3 is 20.3 Å². The number of fused-ring (bicyclic) bond motifs is 1. The van der Waals surface area contributed by atoms with Crippen molar-refractivity contribution in [3.05, 3.63) is 35.0 Å². The van der Waals surface area contributed by atoms with Gasteiger partial charge in [-0.2, -0.15) is 0 Å². The highest BCUT2D eigenvalue weighted by Crippen LogP contribution is 2.22. The van der Waals surface area contributed by atoms with Crippen LogP contribution in [-0.4, -0.2) is 46.8 Å². The Morgan fingerprint density at radius 1 is 1.57 bits per heavy atom. The average molecular weight is 336 g/mol. The minimum Gasteiger partial charge on any atom is -0.393 e. The molecule has 0 saturated carbocycles. The van der Waals surface area contributed by atoms with Gasteiger partial charge in [0, 0.05) is 47.7 Å². The van der Waals surface area contributed by atoms with Crippen molar-refractivity contribution < 1.29 is 9.90 Å². The Morgan fingerprint density at radius 3 is 3.13 bits per heavy atom. The van der Waals surface area contributed by atoms with E-state index in [1.807, 2.05) is 24.4 Å². The van der Waals surface area contributed by atoms with Crippen molar-refractivity contribution in [3.8, 4) is 0 Å². The molecule has 0 radical (unpaired) electrons. The molecule has 2 aromatic rings. The molecule has 124 valence electrons. The van der Waals surface area contributed by atoms with Crippen molar-refractivity contribution in [2.24, 2.45) is 5.92 Å². The minimum absolute atomic E-state index is 0.0453. The highest BCUT2D eigenvalue weighted by molar-refractivity contribution is 6.31. The fraction of sp³-hybridized carbons (Fsp3) is 0.471. The van der Waals surface area contributed by atoms with Gasteiger partial charge in [-0.25, -0.2) is 4.79 Å². The van der Waals surface area contributed by atoms with Crippen LogP contribution in [0.3, 0.4) is 0 Å². The lowest BCUT2D eigenvalue weighted by Crippen LogP contribution is -2.39. The van der Waals surface area contributed by atoms with E-state index in [0.29, 0.717) is 24.7 Å². The Bertz CT molecular complexity index is 698. The number of nitrogens with zero attached hydrogens (tertiary/aromatic N) is 1. The molecule has 2 heterocycles. The van der Waals surface area contributed by atoms with Gasteiger partial charge in [-0.05, 0) is 37.5 Å². The first-order chi connectivity index (χ1) is 11.0. The van der Waals surface area contributed by atoms with E-state index in [1.165, 1.54) is 5.56 Å². The third-order valence-corrected chi connectivity index (χ3v) is 4.83. The number of benzene rings is 1. The van der Waals surface area contributed by atoms with Crippen LogP contribution in [-0.2, 0) is 6.42 Å². The molecular formula is C17H22ClN3O2. The highest BCUT2D eigenvalue weighted by Gasteiger charge is 2.28. The van der Waals surface area contributed by atoms with Crippen molar-refractivity contribution in [2.75, 3.05) is 19.6 Å². The van der Waals surface area contributed by atoms with E-state index in [2.05, 4.69) is 10.3 Å². The molecule has 1 saturated heterocycles. The molecule has 0 aliphatic carbocycles. The maximum atomic E-state index is 12.2. The minimum atomic E-state index is -0.356. The molecule has 5 nitrogen and oxygen atoms in total. The molecule has 23 heavy (non-hydrogen) atoms. The van der Waals surface area contributed by atoms with Crippen LogP contribution in [0.25, 0.3) is 10.9 Å². The van der Waals surface area contributed by atoms with Crippen LogP contribution < -0.4 is 5.32 Å².